The van der Waals surface area contributed by atoms with Crippen LogP contribution in [0.15, 0.2) is 54.6 Å². The number of aryl methyl sites for hydroxylation is 1. The van der Waals surface area contributed by atoms with Gasteiger partial charge in [0.15, 0.2) is 0 Å². The van der Waals surface area contributed by atoms with E-state index >= 15 is 0 Å². The number of carbonyl (C=O) groups is 1. The summed E-state index contributed by atoms with van der Waals surface area (Å²) in [5.74, 6) is -0.108. The molecule has 38 heavy (non-hydrogen) atoms. The highest BCUT2D eigenvalue weighted by molar-refractivity contribution is 5.71. The number of fused-ring (bicyclic) bond motifs is 3. The molecule has 2 aliphatic carbocycles. The summed E-state index contributed by atoms with van der Waals surface area (Å²) in [6.07, 6.45) is 4.81. The highest BCUT2D eigenvalue weighted by atomic mass is 19.4. The summed E-state index contributed by atoms with van der Waals surface area (Å²) in [6.45, 7) is 2.19. The maximum absolute atomic E-state index is 13.4. The fourth-order valence-electron chi connectivity index (χ4n) is 6.57. The molecule has 0 saturated carbocycles. The largest absolute Gasteiger partial charge is 0.466 e. The maximum atomic E-state index is 13.4. The lowest BCUT2D eigenvalue weighted by atomic mass is 9.82. The predicted octanol–water partition coefficient (Wildman–Crippen LogP) is 7.98. The highest BCUT2D eigenvalue weighted by Gasteiger charge is 2.36. The van der Waals surface area contributed by atoms with Gasteiger partial charge in [0, 0.05) is 17.3 Å². The van der Waals surface area contributed by atoms with E-state index in [-0.39, 0.29) is 17.9 Å². The molecule has 0 N–H and O–H groups in total. The Labute approximate surface area is 223 Å². The number of esters is 1. The van der Waals surface area contributed by atoms with Gasteiger partial charge in [-0.2, -0.15) is 13.2 Å². The quantitative estimate of drug-likeness (QED) is 0.280. The molecule has 0 amide bonds. The van der Waals surface area contributed by atoms with E-state index in [1.165, 1.54) is 40.2 Å². The molecule has 1 aromatic heterocycles. The lowest BCUT2D eigenvalue weighted by molar-refractivity contribution is -0.143. The summed E-state index contributed by atoms with van der Waals surface area (Å²) < 4.78 is 48.0. The molecule has 2 aliphatic rings. The second kappa shape index (κ2) is 11.4. The maximum Gasteiger partial charge on any atom is 0.416 e. The normalized spacial score (nSPS) is 17.9. The predicted molar refractivity (Wildman–Crippen MR) is 142 cm³/mol. The Bertz CT molecular complexity index is 1240. The lowest BCUT2D eigenvalue weighted by Gasteiger charge is -2.31. The number of carbonyl (C=O) groups excluding carboxylic acids is 1. The second-order valence-corrected chi connectivity index (χ2v) is 10.6. The van der Waals surface area contributed by atoms with Gasteiger partial charge in [0.1, 0.15) is 0 Å². The van der Waals surface area contributed by atoms with Crippen LogP contribution < -0.4 is 0 Å². The van der Waals surface area contributed by atoms with Crippen LogP contribution in [-0.4, -0.2) is 17.1 Å². The summed E-state index contributed by atoms with van der Waals surface area (Å²) >= 11 is 0. The Balaban J connectivity index is 1.61. The minimum absolute atomic E-state index is 0.0667. The van der Waals surface area contributed by atoms with E-state index in [0.29, 0.717) is 13.0 Å². The third-order valence-corrected chi connectivity index (χ3v) is 8.23. The molecule has 5 rings (SSSR count). The fraction of sp³-hybridized carbons (Fsp3) is 0.469. The van der Waals surface area contributed by atoms with Crippen LogP contribution in [0.25, 0.3) is 0 Å². The summed E-state index contributed by atoms with van der Waals surface area (Å²) in [4.78, 5) is 12.6. The number of halogens is 3. The minimum atomic E-state index is -4.37. The van der Waals surface area contributed by atoms with Crippen LogP contribution in [0.3, 0.4) is 0 Å². The summed E-state index contributed by atoms with van der Waals surface area (Å²) in [5.41, 5.74) is 6.85. The van der Waals surface area contributed by atoms with E-state index in [0.717, 1.165) is 63.4 Å². The Kier molecular flexibility index (Phi) is 7.96. The van der Waals surface area contributed by atoms with Crippen molar-refractivity contribution in [2.45, 2.75) is 89.3 Å². The number of hydrogen-bond donors (Lipinski definition) is 0. The van der Waals surface area contributed by atoms with Crippen LogP contribution in [0.2, 0.25) is 0 Å². The van der Waals surface area contributed by atoms with E-state index in [1.807, 2.05) is 25.1 Å². The smallest absolute Gasteiger partial charge is 0.416 e. The van der Waals surface area contributed by atoms with Gasteiger partial charge in [-0.3, -0.25) is 4.79 Å². The molecule has 3 nitrogen and oxygen atoms in total. The zero-order valence-electron chi connectivity index (χ0n) is 22.0. The van der Waals surface area contributed by atoms with Gasteiger partial charge in [-0.15, -0.1) is 0 Å². The van der Waals surface area contributed by atoms with Gasteiger partial charge in [0.2, 0.25) is 0 Å². The molecule has 6 heteroatoms. The molecule has 2 aromatic carbocycles. The molecular weight excluding hydrogens is 487 g/mol. The zero-order valence-corrected chi connectivity index (χ0v) is 22.0. The molecule has 202 valence electrons. The van der Waals surface area contributed by atoms with Crippen molar-refractivity contribution in [3.8, 4) is 0 Å². The molecule has 3 aromatic rings. The van der Waals surface area contributed by atoms with E-state index in [2.05, 4.69) is 16.7 Å². The fourth-order valence-corrected chi connectivity index (χ4v) is 6.57. The molecule has 0 fully saturated rings. The van der Waals surface area contributed by atoms with E-state index in [1.54, 1.807) is 12.1 Å². The van der Waals surface area contributed by atoms with Crippen molar-refractivity contribution in [2.75, 3.05) is 6.61 Å². The standard InChI is InChI=1S/C32H36F3NO2/c1-2-38-30(37)21-24-11-8-13-27-26-12-6-7-14-29(26)36(31(24)27)28(20-15-22-9-4-3-5-10-22)23-16-18-25(19-17-23)32(33,34)35/h3-5,9-10,16-19,24,28H,2,6-8,11-15,20-21H2,1H3/t24?,28-/m0/s1. The molecule has 2 atom stereocenters. The first-order valence-electron chi connectivity index (χ1n) is 14.0. The monoisotopic (exact) mass is 523 g/mol. The van der Waals surface area contributed by atoms with Crippen LogP contribution in [0.4, 0.5) is 13.2 Å². The van der Waals surface area contributed by atoms with Gasteiger partial charge in [0.25, 0.3) is 0 Å². The van der Waals surface area contributed by atoms with Crippen molar-refractivity contribution in [1.82, 2.24) is 4.57 Å². The van der Waals surface area contributed by atoms with Gasteiger partial charge in [-0.1, -0.05) is 42.5 Å². The van der Waals surface area contributed by atoms with Crippen LogP contribution in [0.5, 0.6) is 0 Å². The third kappa shape index (κ3) is 5.55. The molecule has 0 radical (unpaired) electrons. The zero-order chi connectivity index (χ0) is 26.7. The van der Waals surface area contributed by atoms with Gasteiger partial charge < -0.3 is 9.30 Å². The number of aromatic nitrogens is 1. The average Bonchev–Trinajstić information content (AvgIpc) is 3.25. The van der Waals surface area contributed by atoms with Crippen molar-refractivity contribution in [3.05, 3.63) is 93.8 Å². The summed E-state index contributed by atoms with van der Waals surface area (Å²) in [5, 5.41) is 0. The van der Waals surface area contributed by atoms with Crippen molar-refractivity contribution >= 4 is 5.97 Å². The van der Waals surface area contributed by atoms with Crippen LogP contribution in [0.1, 0.15) is 96.6 Å². The summed E-state index contributed by atoms with van der Waals surface area (Å²) in [6, 6.07) is 15.9. The van der Waals surface area contributed by atoms with Crippen molar-refractivity contribution < 1.29 is 22.7 Å². The number of hydrogen-bond acceptors (Lipinski definition) is 2. The van der Waals surface area contributed by atoms with Crippen LogP contribution in [0, 0.1) is 0 Å². The molecule has 1 heterocycles. The van der Waals surface area contributed by atoms with Crippen molar-refractivity contribution in [1.29, 1.82) is 0 Å². The van der Waals surface area contributed by atoms with Gasteiger partial charge >= 0.3 is 12.1 Å². The van der Waals surface area contributed by atoms with Crippen LogP contribution in [-0.2, 0) is 41.4 Å². The number of alkyl halides is 3. The molecular formula is C32H36F3NO2. The highest BCUT2D eigenvalue weighted by Crippen LogP contribution is 2.45. The molecule has 0 aliphatic heterocycles. The molecule has 1 unspecified atom stereocenters. The minimum Gasteiger partial charge on any atom is -0.466 e. The third-order valence-electron chi connectivity index (χ3n) is 8.23. The number of benzene rings is 2. The topological polar surface area (TPSA) is 31.2 Å². The first-order chi connectivity index (χ1) is 18.4. The molecule has 0 saturated heterocycles. The number of nitrogens with zero attached hydrogens (tertiary/aromatic N) is 1. The van der Waals surface area contributed by atoms with Gasteiger partial charge in [0.05, 0.1) is 24.6 Å². The SMILES string of the molecule is CCOC(=O)CC1CCCc2c3c(n([C@@H](CCc4ccccc4)c4ccc(C(F)(F)F)cc4)c21)CCCC3. The van der Waals surface area contributed by atoms with Crippen molar-refractivity contribution in [3.63, 3.8) is 0 Å². The van der Waals surface area contributed by atoms with Gasteiger partial charge in [-0.05, 0) is 99.1 Å². The van der Waals surface area contributed by atoms with E-state index in [4.69, 9.17) is 4.74 Å². The first kappa shape index (κ1) is 26.6. The summed E-state index contributed by atoms with van der Waals surface area (Å²) in [7, 11) is 0. The number of rotatable bonds is 8. The first-order valence-corrected chi connectivity index (χ1v) is 14.0. The van der Waals surface area contributed by atoms with Crippen LogP contribution >= 0.6 is 0 Å². The Morgan fingerprint density at radius 2 is 1.68 bits per heavy atom. The second-order valence-electron chi connectivity index (χ2n) is 10.6. The number of ether oxygens (including phenoxy) is 1. The van der Waals surface area contributed by atoms with E-state index < -0.39 is 11.7 Å². The Morgan fingerprint density at radius 1 is 0.974 bits per heavy atom. The van der Waals surface area contributed by atoms with Gasteiger partial charge in [-0.25, -0.2) is 0 Å². The van der Waals surface area contributed by atoms with E-state index in [9.17, 15) is 18.0 Å². The molecule has 0 spiro atoms. The Morgan fingerprint density at radius 3 is 2.39 bits per heavy atom. The lowest BCUT2D eigenvalue weighted by Crippen LogP contribution is -2.23. The van der Waals surface area contributed by atoms with Crippen molar-refractivity contribution in [2.24, 2.45) is 0 Å². The average molecular weight is 524 g/mol. The Hall–Kier alpha value is -3.02. The molecule has 0 bridgehead atoms.